The van der Waals surface area contributed by atoms with Crippen LogP contribution in [0.3, 0.4) is 0 Å². The molecule has 0 aliphatic heterocycles. The summed E-state index contributed by atoms with van der Waals surface area (Å²) in [7, 11) is -1.58. The summed E-state index contributed by atoms with van der Waals surface area (Å²) in [4.78, 5) is 2.16. The monoisotopic (exact) mass is 272 g/mol. The summed E-state index contributed by atoms with van der Waals surface area (Å²) in [6.45, 7) is 2.81. The van der Waals surface area contributed by atoms with Gasteiger partial charge < -0.3 is 10.0 Å². The van der Waals surface area contributed by atoms with Gasteiger partial charge in [-0.2, -0.15) is 0 Å². The fourth-order valence-electron chi connectivity index (χ4n) is 1.40. The molecular weight excluding hydrogens is 252 g/mol. The van der Waals surface area contributed by atoms with Crippen molar-refractivity contribution in [2.24, 2.45) is 0 Å². The van der Waals surface area contributed by atoms with E-state index in [-0.39, 0.29) is 17.5 Å². The maximum Gasteiger partial charge on any atom is 0.240 e. The first-order valence-corrected chi connectivity index (χ1v) is 7.31. The van der Waals surface area contributed by atoms with Crippen LogP contribution < -0.4 is 4.72 Å². The van der Waals surface area contributed by atoms with E-state index in [9.17, 15) is 8.42 Å². The number of aliphatic hydroxyl groups is 1. The van der Waals surface area contributed by atoms with Crippen LogP contribution in [-0.2, 0) is 10.0 Å². The van der Waals surface area contributed by atoms with Gasteiger partial charge in [-0.15, -0.1) is 0 Å². The third-order valence-corrected chi connectivity index (χ3v) is 4.30. The van der Waals surface area contributed by atoms with Crippen LogP contribution in [0.5, 0.6) is 0 Å². The maximum atomic E-state index is 11.9. The Labute approximate surface area is 108 Å². The zero-order valence-corrected chi connectivity index (χ0v) is 11.5. The van der Waals surface area contributed by atoms with Crippen molar-refractivity contribution in [2.75, 3.05) is 26.7 Å². The number of nitrogens with zero attached hydrogens (tertiary/aromatic N) is 1. The van der Waals surface area contributed by atoms with Crippen molar-refractivity contribution < 1.29 is 13.5 Å². The zero-order chi connectivity index (χ0) is 13.6. The van der Waals surface area contributed by atoms with Crippen molar-refractivity contribution in [3.63, 3.8) is 0 Å². The number of likely N-dealkylation sites (N-methyl/N-ethyl adjacent to an activating group) is 1. The second-order valence-electron chi connectivity index (χ2n) is 4.22. The van der Waals surface area contributed by atoms with E-state index in [1.165, 1.54) is 0 Å². The van der Waals surface area contributed by atoms with Gasteiger partial charge in [-0.05, 0) is 26.1 Å². The molecule has 0 spiro atoms. The molecule has 1 rings (SSSR count). The summed E-state index contributed by atoms with van der Waals surface area (Å²) >= 11 is 0. The lowest BCUT2D eigenvalue weighted by molar-refractivity contribution is 0.161. The number of rotatable bonds is 7. The number of aliphatic hydroxyl groups excluding tert-OH is 1. The van der Waals surface area contributed by atoms with Crippen molar-refractivity contribution in [1.29, 1.82) is 0 Å². The number of benzene rings is 1. The van der Waals surface area contributed by atoms with Crippen LogP contribution in [0, 0.1) is 0 Å². The molecule has 0 saturated heterocycles. The lowest BCUT2D eigenvalue weighted by atomic mass is 10.3. The highest BCUT2D eigenvalue weighted by molar-refractivity contribution is 7.89. The zero-order valence-electron chi connectivity index (χ0n) is 10.7. The van der Waals surface area contributed by atoms with Gasteiger partial charge in [0.15, 0.2) is 0 Å². The molecule has 1 atom stereocenters. The standard InChI is InChI=1S/C12H20N2O3S/c1-11(10-15)14(2)9-8-13-18(16,17)12-6-4-3-5-7-12/h3-7,11,13,15H,8-10H2,1-2H3. The Hall–Kier alpha value is -0.950. The normalized spacial score (nSPS) is 13.8. The summed E-state index contributed by atoms with van der Waals surface area (Å²) < 4.78 is 26.3. The van der Waals surface area contributed by atoms with E-state index in [2.05, 4.69) is 4.72 Å². The van der Waals surface area contributed by atoms with Gasteiger partial charge in [-0.1, -0.05) is 18.2 Å². The second-order valence-corrected chi connectivity index (χ2v) is 5.99. The van der Waals surface area contributed by atoms with Gasteiger partial charge in [0.2, 0.25) is 10.0 Å². The average Bonchev–Trinajstić information content (AvgIpc) is 2.38. The minimum absolute atomic E-state index is 0.0197. The third-order valence-electron chi connectivity index (χ3n) is 2.83. The van der Waals surface area contributed by atoms with Crippen molar-refractivity contribution in [3.8, 4) is 0 Å². The number of sulfonamides is 1. The van der Waals surface area contributed by atoms with E-state index in [0.29, 0.717) is 13.1 Å². The maximum absolute atomic E-state index is 11.9. The fourth-order valence-corrected chi connectivity index (χ4v) is 2.44. The van der Waals surface area contributed by atoms with Crippen LogP contribution in [0.2, 0.25) is 0 Å². The number of hydrogen-bond donors (Lipinski definition) is 2. The molecule has 0 heterocycles. The molecule has 2 N–H and O–H groups in total. The summed E-state index contributed by atoms with van der Waals surface area (Å²) in [6, 6.07) is 8.29. The molecule has 6 heteroatoms. The smallest absolute Gasteiger partial charge is 0.240 e. The summed E-state index contributed by atoms with van der Waals surface area (Å²) in [5.41, 5.74) is 0. The SMILES string of the molecule is CC(CO)N(C)CCNS(=O)(=O)c1ccccc1. The average molecular weight is 272 g/mol. The number of nitrogens with one attached hydrogen (secondary N) is 1. The first-order chi connectivity index (χ1) is 8.47. The quantitative estimate of drug-likeness (QED) is 0.748. The van der Waals surface area contributed by atoms with Crippen LogP contribution in [0.15, 0.2) is 35.2 Å². The van der Waals surface area contributed by atoms with Gasteiger partial charge in [-0.25, -0.2) is 13.1 Å². The topological polar surface area (TPSA) is 69.6 Å². The molecule has 1 aromatic rings. The minimum atomic E-state index is -3.43. The van der Waals surface area contributed by atoms with Crippen molar-refractivity contribution in [3.05, 3.63) is 30.3 Å². The Bertz CT molecular complexity index is 448. The van der Waals surface area contributed by atoms with Crippen LogP contribution >= 0.6 is 0 Å². The van der Waals surface area contributed by atoms with Crippen LogP contribution in [0.4, 0.5) is 0 Å². The lowest BCUT2D eigenvalue weighted by Crippen LogP contribution is -2.38. The van der Waals surface area contributed by atoms with Crippen molar-refractivity contribution in [1.82, 2.24) is 9.62 Å². The Kier molecular flexibility index (Phi) is 5.74. The van der Waals surface area contributed by atoms with Crippen LogP contribution in [0.1, 0.15) is 6.92 Å². The molecule has 5 nitrogen and oxygen atoms in total. The van der Waals surface area contributed by atoms with Crippen LogP contribution in [0.25, 0.3) is 0 Å². The van der Waals surface area contributed by atoms with Gasteiger partial charge in [0.1, 0.15) is 0 Å². The Morgan fingerprint density at radius 2 is 1.94 bits per heavy atom. The Balaban J connectivity index is 2.49. The molecule has 0 aliphatic rings. The molecule has 1 aromatic carbocycles. The molecule has 0 radical (unpaired) electrons. The van der Waals surface area contributed by atoms with Crippen LogP contribution in [-0.4, -0.2) is 51.2 Å². The van der Waals surface area contributed by atoms with E-state index in [1.807, 2.05) is 18.9 Å². The van der Waals surface area contributed by atoms with Crippen molar-refractivity contribution >= 4 is 10.0 Å². The summed E-state index contributed by atoms with van der Waals surface area (Å²) in [5, 5.41) is 8.96. The Morgan fingerprint density at radius 1 is 1.33 bits per heavy atom. The second kappa shape index (κ2) is 6.84. The largest absolute Gasteiger partial charge is 0.395 e. The first-order valence-electron chi connectivity index (χ1n) is 5.83. The van der Waals surface area contributed by atoms with Gasteiger partial charge in [0.25, 0.3) is 0 Å². The number of hydrogen-bond acceptors (Lipinski definition) is 4. The molecule has 18 heavy (non-hydrogen) atoms. The van der Waals surface area contributed by atoms with Gasteiger partial charge in [0, 0.05) is 19.1 Å². The lowest BCUT2D eigenvalue weighted by Gasteiger charge is -2.22. The highest BCUT2D eigenvalue weighted by atomic mass is 32.2. The molecule has 0 aromatic heterocycles. The van der Waals surface area contributed by atoms with Crippen molar-refractivity contribution in [2.45, 2.75) is 17.9 Å². The summed E-state index contributed by atoms with van der Waals surface area (Å²) in [6.07, 6.45) is 0. The first kappa shape index (κ1) is 15.1. The molecule has 0 bridgehead atoms. The predicted molar refractivity (Wildman–Crippen MR) is 70.8 cm³/mol. The highest BCUT2D eigenvalue weighted by Crippen LogP contribution is 2.06. The molecular formula is C12H20N2O3S. The van der Waals surface area contributed by atoms with E-state index in [0.717, 1.165) is 0 Å². The minimum Gasteiger partial charge on any atom is -0.395 e. The van der Waals surface area contributed by atoms with Gasteiger partial charge in [0.05, 0.1) is 11.5 Å². The summed E-state index contributed by atoms with van der Waals surface area (Å²) in [5.74, 6) is 0. The van der Waals surface area contributed by atoms with E-state index >= 15 is 0 Å². The van der Waals surface area contributed by atoms with Gasteiger partial charge in [-0.3, -0.25) is 0 Å². The van der Waals surface area contributed by atoms with E-state index < -0.39 is 10.0 Å². The highest BCUT2D eigenvalue weighted by Gasteiger charge is 2.13. The van der Waals surface area contributed by atoms with E-state index in [1.54, 1.807) is 30.3 Å². The Morgan fingerprint density at radius 3 is 2.50 bits per heavy atom. The molecule has 1 unspecified atom stereocenters. The molecule has 0 saturated carbocycles. The molecule has 0 amide bonds. The third kappa shape index (κ3) is 4.38. The molecule has 0 aliphatic carbocycles. The van der Waals surface area contributed by atoms with E-state index in [4.69, 9.17) is 5.11 Å². The van der Waals surface area contributed by atoms with Gasteiger partial charge >= 0.3 is 0 Å². The predicted octanol–water partition coefficient (Wildman–Crippen LogP) is 0.278. The molecule has 102 valence electrons. The fraction of sp³-hybridized carbons (Fsp3) is 0.500. The molecule has 0 fully saturated rings.